The molecule has 2 aromatic heterocycles. The zero-order valence-corrected chi connectivity index (χ0v) is 15.1. The first kappa shape index (κ1) is 16.5. The third-order valence-corrected chi connectivity index (χ3v) is 5.25. The molecule has 0 N–H and O–H groups in total. The lowest BCUT2D eigenvalue weighted by molar-refractivity contribution is 0.177. The standard InChI is InChI=1S/C21H22N4O/c1-4-13-26-23-21-16(14-25-12-11-22-15(25)2)9-10-19-20(21)17-7-5-6-8-18(17)24(19)3/h1,5-8,11-12,16H,9-10,13-14H2,2-3H3. The van der Waals surface area contributed by atoms with Gasteiger partial charge in [-0.3, -0.25) is 0 Å². The van der Waals surface area contributed by atoms with Gasteiger partial charge in [-0.2, -0.15) is 0 Å². The average molecular weight is 346 g/mol. The Morgan fingerprint density at radius 3 is 3.00 bits per heavy atom. The fourth-order valence-corrected chi connectivity index (χ4v) is 3.95. The van der Waals surface area contributed by atoms with Crippen molar-refractivity contribution in [3.8, 4) is 12.3 Å². The number of hydrogen-bond donors (Lipinski definition) is 0. The van der Waals surface area contributed by atoms with Crippen LogP contribution in [0.5, 0.6) is 0 Å². The van der Waals surface area contributed by atoms with Crippen LogP contribution in [0.25, 0.3) is 10.9 Å². The van der Waals surface area contributed by atoms with Crippen molar-refractivity contribution >= 4 is 16.6 Å². The highest BCUT2D eigenvalue weighted by molar-refractivity contribution is 6.13. The number of oxime groups is 1. The van der Waals surface area contributed by atoms with Crippen molar-refractivity contribution in [3.05, 3.63) is 53.7 Å². The number of imidazole rings is 1. The summed E-state index contributed by atoms with van der Waals surface area (Å²) in [6.07, 6.45) is 11.2. The van der Waals surface area contributed by atoms with E-state index in [-0.39, 0.29) is 12.5 Å². The second-order valence-corrected chi connectivity index (χ2v) is 6.71. The van der Waals surface area contributed by atoms with Crippen LogP contribution in [0.1, 0.15) is 23.5 Å². The summed E-state index contributed by atoms with van der Waals surface area (Å²) >= 11 is 0. The molecule has 0 saturated heterocycles. The number of hydrogen-bond acceptors (Lipinski definition) is 3. The molecule has 2 heterocycles. The number of rotatable bonds is 4. The first-order chi connectivity index (χ1) is 12.7. The molecule has 0 bridgehead atoms. The van der Waals surface area contributed by atoms with Crippen molar-refractivity contribution in [1.29, 1.82) is 0 Å². The van der Waals surface area contributed by atoms with Gasteiger partial charge in [-0.1, -0.05) is 29.3 Å². The molecule has 4 rings (SSSR count). The molecule has 1 aliphatic rings. The molecule has 0 radical (unpaired) electrons. The fourth-order valence-electron chi connectivity index (χ4n) is 3.95. The van der Waals surface area contributed by atoms with Crippen LogP contribution in [0, 0.1) is 25.2 Å². The number of aromatic nitrogens is 3. The number of para-hydroxylation sites is 1. The lowest BCUT2D eigenvalue weighted by atomic mass is 9.84. The van der Waals surface area contributed by atoms with Crippen molar-refractivity contribution in [2.45, 2.75) is 26.3 Å². The smallest absolute Gasteiger partial charge is 0.177 e. The summed E-state index contributed by atoms with van der Waals surface area (Å²) in [5, 5.41) is 5.72. The topological polar surface area (TPSA) is 44.3 Å². The predicted octanol–water partition coefficient (Wildman–Crippen LogP) is 3.30. The van der Waals surface area contributed by atoms with Gasteiger partial charge < -0.3 is 14.0 Å². The van der Waals surface area contributed by atoms with Gasteiger partial charge in [0.05, 0.1) is 5.71 Å². The van der Waals surface area contributed by atoms with Crippen molar-refractivity contribution in [3.63, 3.8) is 0 Å². The van der Waals surface area contributed by atoms with E-state index < -0.39 is 0 Å². The Morgan fingerprint density at radius 2 is 2.23 bits per heavy atom. The maximum absolute atomic E-state index is 5.43. The number of terminal acetylenes is 1. The van der Waals surface area contributed by atoms with Gasteiger partial charge in [0.15, 0.2) is 6.61 Å². The molecule has 1 aliphatic carbocycles. The molecular weight excluding hydrogens is 324 g/mol. The highest BCUT2D eigenvalue weighted by Crippen LogP contribution is 2.35. The van der Waals surface area contributed by atoms with E-state index in [1.54, 1.807) is 0 Å². The van der Waals surface area contributed by atoms with E-state index >= 15 is 0 Å². The van der Waals surface area contributed by atoms with Crippen molar-refractivity contribution in [2.24, 2.45) is 18.1 Å². The minimum absolute atomic E-state index is 0.181. The molecule has 26 heavy (non-hydrogen) atoms. The van der Waals surface area contributed by atoms with Gasteiger partial charge in [-0.05, 0) is 25.8 Å². The lowest BCUT2D eigenvalue weighted by Crippen LogP contribution is -2.28. The molecule has 0 amide bonds. The molecule has 0 aliphatic heterocycles. The van der Waals surface area contributed by atoms with E-state index in [1.165, 1.54) is 22.2 Å². The maximum Gasteiger partial charge on any atom is 0.177 e. The van der Waals surface area contributed by atoms with Gasteiger partial charge >= 0.3 is 0 Å². The van der Waals surface area contributed by atoms with Crippen molar-refractivity contribution < 1.29 is 4.84 Å². The molecule has 0 saturated carbocycles. The van der Waals surface area contributed by atoms with Crippen LogP contribution in [0.3, 0.4) is 0 Å². The Morgan fingerprint density at radius 1 is 1.38 bits per heavy atom. The quantitative estimate of drug-likeness (QED) is 0.413. The monoisotopic (exact) mass is 346 g/mol. The van der Waals surface area contributed by atoms with Gasteiger partial charge in [-0.15, -0.1) is 6.42 Å². The van der Waals surface area contributed by atoms with Crippen LogP contribution in [-0.2, 0) is 24.9 Å². The Bertz CT molecular complexity index is 1020. The van der Waals surface area contributed by atoms with Crippen LogP contribution >= 0.6 is 0 Å². The van der Waals surface area contributed by atoms with Crippen LogP contribution in [0.15, 0.2) is 41.8 Å². The van der Waals surface area contributed by atoms with Crippen LogP contribution in [0.2, 0.25) is 0 Å². The predicted molar refractivity (Wildman–Crippen MR) is 103 cm³/mol. The second-order valence-electron chi connectivity index (χ2n) is 6.71. The first-order valence-electron chi connectivity index (χ1n) is 8.88. The Hall–Kier alpha value is -3.00. The number of fused-ring (bicyclic) bond motifs is 3. The minimum Gasteiger partial charge on any atom is -0.382 e. The summed E-state index contributed by atoms with van der Waals surface area (Å²) in [7, 11) is 2.13. The zero-order chi connectivity index (χ0) is 18.1. The Kier molecular flexibility index (Phi) is 4.26. The zero-order valence-electron chi connectivity index (χ0n) is 15.1. The summed E-state index contributed by atoms with van der Waals surface area (Å²) in [6, 6.07) is 8.47. The third-order valence-electron chi connectivity index (χ3n) is 5.25. The largest absolute Gasteiger partial charge is 0.382 e. The van der Waals surface area contributed by atoms with E-state index in [1.807, 2.05) is 19.3 Å². The Balaban J connectivity index is 1.81. The fraction of sp³-hybridized carbons (Fsp3) is 0.333. The van der Waals surface area contributed by atoms with E-state index in [4.69, 9.17) is 11.3 Å². The number of aryl methyl sites for hydroxylation is 2. The van der Waals surface area contributed by atoms with E-state index in [2.05, 4.69) is 56.5 Å². The SMILES string of the molecule is C#CCON=C1c2c(n(C)c3ccccc23)CCC1Cn1ccnc1C. The molecule has 0 fully saturated rings. The normalized spacial score (nSPS) is 18.0. The summed E-state index contributed by atoms with van der Waals surface area (Å²) < 4.78 is 4.46. The van der Waals surface area contributed by atoms with Crippen molar-refractivity contribution in [1.82, 2.24) is 14.1 Å². The second kappa shape index (κ2) is 6.72. The molecule has 1 atom stereocenters. The van der Waals surface area contributed by atoms with Crippen LogP contribution < -0.4 is 0 Å². The van der Waals surface area contributed by atoms with Gasteiger partial charge in [0.25, 0.3) is 0 Å². The van der Waals surface area contributed by atoms with E-state index in [0.717, 1.165) is 30.9 Å². The van der Waals surface area contributed by atoms with Crippen LogP contribution in [0.4, 0.5) is 0 Å². The molecule has 1 unspecified atom stereocenters. The molecule has 5 heteroatoms. The van der Waals surface area contributed by atoms with E-state index in [0.29, 0.717) is 0 Å². The van der Waals surface area contributed by atoms with Gasteiger partial charge in [-0.25, -0.2) is 4.98 Å². The average Bonchev–Trinajstić information content (AvgIpc) is 3.19. The summed E-state index contributed by atoms with van der Waals surface area (Å²) in [5.41, 5.74) is 4.73. The number of benzene rings is 1. The third kappa shape index (κ3) is 2.68. The minimum atomic E-state index is 0.181. The molecule has 0 spiro atoms. The summed E-state index contributed by atoms with van der Waals surface area (Å²) in [5.74, 6) is 3.77. The molecule has 1 aromatic carbocycles. The first-order valence-corrected chi connectivity index (χ1v) is 8.88. The summed E-state index contributed by atoms with van der Waals surface area (Å²) in [4.78, 5) is 9.78. The van der Waals surface area contributed by atoms with E-state index in [9.17, 15) is 0 Å². The molecular formula is C21H22N4O. The van der Waals surface area contributed by atoms with Gasteiger partial charge in [0, 0.05) is 54.1 Å². The summed E-state index contributed by atoms with van der Waals surface area (Å²) in [6.45, 7) is 3.05. The molecule has 5 nitrogen and oxygen atoms in total. The highest BCUT2D eigenvalue weighted by Gasteiger charge is 2.31. The number of nitrogens with zero attached hydrogens (tertiary/aromatic N) is 4. The van der Waals surface area contributed by atoms with Gasteiger partial charge in [0.1, 0.15) is 5.82 Å². The maximum atomic E-state index is 5.43. The highest BCUT2D eigenvalue weighted by atomic mass is 16.6. The lowest BCUT2D eigenvalue weighted by Gasteiger charge is -2.26. The van der Waals surface area contributed by atoms with Gasteiger partial charge in [0.2, 0.25) is 0 Å². The molecule has 132 valence electrons. The van der Waals surface area contributed by atoms with Crippen LogP contribution in [-0.4, -0.2) is 26.4 Å². The molecule has 3 aromatic rings. The Labute approximate surface area is 153 Å². The van der Waals surface area contributed by atoms with Crippen molar-refractivity contribution in [2.75, 3.05) is 6.61 Å².